The van der Waals surface area contributed by atoms with E-state index >= 15 is 0 Å². The number of nitrogens with zero attached hydrogens (tertiary/aromatic N) is 3. The van der Waals surface area contributed by atoms with Crippen LogP contribution in [0.5, 0.6) is 5.88 Å². The van der Waals surface area contributed by atoms with Crippen LogP contribution >= 0.6 is 15.9 Å². The zero-order valence-electron chi connectivity index (χ0n) is 12.5. The second-order valence-electron chi connectivity index (χ2n) is 5.40. The molecule has 0 amide bonds. The fourth-order valence-corrected chi connectivity index (χ4v) is 3.11. The van der Waals surface area contributed by atoms with Crippen LogP contribution in [0.15, 0.2) is 41.1 Å². The first-order valence-electron chi connectivity index (χ1n) is 7.33. The van der Waals surface area contributed by atoms with E-state index in [2.05, 4.69) is 54.3 Å². The molecule has 1 aromatic heterocycles. The van der Waals surface area contributed by atoms with Crippen LogP contribution in [0, 0.1) is 0 Å². The lowest BCUT2D eigenvalue weighted by molar-refractivity contribution is 0.328. The van der Waals surface area contributed by atoms with Crippen LogP contribution in [0.3, 0.4) is 0 Å². The summed E-state index contributed by atoms with van der Waals surface area (Å²) in [6.07, 6.45) is 2.63. The summed E-state index contributed by atoms with van der Waals surface area (Å²) in [4.78, 5) is 10.7. The highest BCUT2D eigenvalue weighted by Gasteiger charge is 2.23. The van der Waals surface area contributed by atoms with Crippen molar-refractivity contribution in [3.8, 4) is 5.88 Å². The molecule has 22 heavy (non-hydrogen) atoms. The average Bonchev–Trinajstić information content (AvgIpc) is 2.97. The highest BCUT2D eigenvalue weighted by atomic mass is 79.9. The van der Waals surface area contributed by atoms with E-state index < -0.39 is 0 Å². The van der Waals surface area contributed by atoms with Gasteiger partial charge in [-0.05, 0) is 18.1 Å². The Hall–Kier alpha value is -1.66. The van der Waals surface area contributed by atoms with Crippen LogP contribution in [0.4, 0.5) is 5.82 Å². The fraction of sp³-hybridized carbons (Fsp3) is 0.375. The number of hydrogen-bond donors (Lipinski definition) is 1. The van der Waals surface area contributed by atoms with E-state index in [1.807, 2.05) is 12.1 Å². The second-order valence-corrected chi connectivity index (χ2v) is 6.26. The molecule has 0 saturated carbocycles. The van der Waals surface area contributed by atoms with Gasteiger partial charge in [0.25, 0.3) is 0 Å². The number of anilines is 1. The van der Waals surface area contributed by atoms with E-state index in [0.717, 1.165) is 31.9 Å². The molecule has 1 unspecified atom stereocenters. The maximum atomic E-state index is 5.13. The van der Waals surface area contributed by atoms with Crippen LogP contribution in [-0.2, 0) is 6.54 Å². The number of nitrogens with one attached hydrogen (secondary N) is 1. The van der Waals surface area contributed by atoms with Gasteiger partial charge in [0.05, 0.1) is 7.11 Å². The van der Waals surface area contributed by atoms with Gasteiger partial charge in [-0.15, -0.1) is 0 Å². The maximum Gasteiger partial charge on any atom is 0.218 e. The summed E-state index contributed by atoms with van der Waals surface area (Å²) in [6.45, 7) is 3.06. The normalized spacial score (nSPS) is 18.4. The molecule has 1 atom stereocenters. The lowest BCUT2D eigenvalue weighted by atomic mass is 10.2. The molecule has 5 nitrogen and oxygen atoms in total. The summed E-state index contributed by atoms with van der Waals surface area (Å²) in [5.41, 5.74) is 1.33. The largest absolute Gasteiger partial charge is 0.481 e. The molecular formula is C16H19BrN4O. The Morgan fingerprint density at radius 1 is 1.36 bits per heavy atom. The Labute approximate surface area is 138 Å². The van der Waals surface area contributed by atoms with E-state index in [0.29, 0.717) is 11.9 Å². The first-order valence-corrected chi connectivity index (χ1v) is 8.12. The Morgan fingerprint density at radius 3 is 3.05 bits per heavy atom. The van der Waals surface area contributed by atoms with Crippen LogP contribution in [0.2, 0.25) is 0 Å². The first kappa shape index (κ1) is 15.2. The Morgan fingerprint density at radius 2 is 2.23 bits per heavy atom. The minimum Gasteiger partial charge on any atom is -0.481 e. The van der Waals surface area contributed by atoms with Gasteiger partial charge in [0.2, 0.25) is 5.88 Å². The summed E-state index contributed by atoms with van der Waals surface area (Å²) < 4.78 is 6.30. The standard InChI is InChI=1S/C16H19BrN4O/c1-22-16-8-15(18-11-19-16)20-13-6-7-21(10-13)9-12-4-2-3-5-14(12)17/h2-5,8,11,13H,6-7,9-10H2,1H3,(H,18,19,20). The summed E-state index contributed by atoms with van der Waals surface area (Å²) in [5.74, 6) is 1.40. The lowest BCUT2D eigenvalue weighted by Gasteiger charge is -2.18. The second kappa shape index (κ2) is 7.07. The lowest BCUT2D eigenvalue weighted by Crippen LogP contribution is -2.26. The van der Waals surface area contributed by atoms with Crippen molar-refractivity contribution in [2.75, 3.05) is 25.5 Å². The number of ether oxygens (including phenoxy) is 1. The SMILES string of the molecule is COc1cc(NC2CCN(Cc3ccccc3Br)C2)ncn1. The molecule has 2 heterocycles. The van der Waals surface area contributed by atoms with Gasteiger partial charge in [0, 0.05) is 36.2 Å². The fourth-order valence-electron chi connectivity index (χ4n) is 2.70. The molecule has 3 rings (SSSR count). The van der Waals surface area contributed by atoms with E-state index in [4.69, 9.17) is 4.74 Å². The van der Waals surface area contributed by atoms with Crippen molar-refractivity contribution in [2.45, 2.75) is 19.0 Å². The topological polar surface area (TPSA) is 50.3 Å². The molecule has 0 spiro atoms. The molecule has 0 bridgehead atoms. The van der Waals surface area contributed by atoms with Crippen LogP contribution < -0.4 is 10.1 Å². The van der Waals surface area contributed by atoms with Crippen LogP contribution in [-0.4, -0.2) is 41.1 Å². The molecule has 1 aliphatic heterocycles. The molecular weight excluding hydrogens is 344 g/mol. The van der Waals surface area contributed by atoms with Gasteiger partial charge >= 0.3 is 0 Å². The summed E-state index contributed by atoms with van der Waals surface area (Å²) in [7, 11) is 1.61. The monoisotopic (exact) mass is 362 g/mol. The molecule has 1 N–H and O–H groups in total. The highest BCUT2D eigenvalue weighted by Crippen LogP contribution is 2.22. The molecule has 0 aliphatic carbocycles. The zero-order chi connectivity index (χ0) is 15.4. The Bertz CT molecular complexity index is 637. The number of methoxy groups -OCH3 is 1. The molecule has 1 aliphatic rings. The van der Waals surface area contributed by atoms with Gasteiger partial charge in [-0.3, -0.25) is 4.90 Å². The maximum absolute atomic E-state index is 5.13. The minimum atomic E-state index is 0.405. The van der Waals surface area contributed by atoms with Crippen molar-refractivity contribution >= 4 is 21.7 Å². The van der Waals surface area contributed by atoms with Crippen molar-refractivity contribution in [1.29, 1.82) is 0 Å². The third-order valence-electron chi connectivity index (χ3n) is 3.83. The molecule has 2 aromatic rings. The molecule has 116 valence electrons. The summed E-state index contributed by atoms with van der Waals surface area (Å²) >= 11 is 3.62. The predicted molar refractivity (Wildman–Crippen MR) is 90.0 cm³/mol. The Kier molecular flexibility index (Phi) is 4.90. The van der Waals surface area contributed by atoms with Crippen molar-refractivity contribution in [1.82, 2.24) is 14.9 Å². The predicted octanol–water partition coefficient (Wildman–Crippen LogP) is 2.93. The van der Waals surface area contributed by atoms with E-state index in [1.165, 1.54) is 16.4 Å². The van der Waals surface area contributed by atoms with Crippen molar-refractivity contribution in [3.05, 3.63) is 46.7 Å². The van der Waals surface area contributed by atoms with Crippen LogP contribution in [0.25, 0.3) is 0 Å². The quantitative estimate of drug-likeness (QED) is 0.885. The molecule has 0 radical (unpaired) electrons. The minimum absolute atomic E-state index is 0.405. The average molecular weight is 363 g/mol. The molecule has 1 saturated heterocycles. The van der Waals surface area contributed by atoms with Gasteiger partial charge in [-0.1, -0.05) is 34.1 Å². The highest BCUT2D eigenvalue weighted by molar-refractivity contribution is 9.10. The number of likely N-dealkylation sites (tertiary alicyclic amines) is 1. The third-order valence-corrected chi connectivity index (χ3v) is 4.60. The van der Waals surface area contributed by atoms with Crippen molar-refractivity contribution in [2.24, 2.45) is 0 Å². The van der Waals surface area contributed by atoms with Crippen molar-refractivity contribution in [3.63, 3.8) is 0 Å². The van der Waals surface area contributed by atoms with Gasteiger partial charge in [0.1, 0.15) is 12.1 Å². The molecule has 1 aromatic carbocycles. The Balaban J connectivity index is 1.57. The third kappa shape index (κ3) is 3.75. The number of hydrogen-bond acceptors (Lipinski definition) is 5. The first-order chi connectivity index (χ1) is 10.7. The number of rotatable bonds is 5. The zero-order valence-corrected chi connectivity index (χ0v) is 14.1. The van der Waals surface area contributed by atoms with Crippen molar-refractivity contribution < 1.29 is 4.74 Å². The van der Waals surface area contributed by atoms with Gasteiger partial charge in [-0.25, -0.2) is 9.97 Å². The van der Waals surface area contributed by atoms with E-state index in [9.17, 15) is 0 Å². The summed E-state index contributed by atoms with van der Waals surface area (Å²) in [5, 5.41) is 3.46. The number of benzene rings is 1. The van der Waals surface area contributed by atoms with E-state index in [1.54, 1.807) is 7.11 Å². The van der Waals surface area contributed by atoms with Crippen LogP contribution in [0.1, 0.15) is 12.0 Å². The number of halogens is 1. The molecule has 1 fully saturated rings. The number of aromatic nitrogens is 2. The van der Waals surface area contributed by atoms with Gasteiger partial charge < -0.3 is 10.1 Å². The van der Waals surface area contributed by atoms with Gasteiger partial charge in [-0.2, -0.15) is 0 Å². The van der Waals surface area contributed by atoms with E-state index in [-0.39, 0.29) is 0 Å². The van der Waals surface area contributed by atoms with Gasteiger partial charge in [0.15, 0.2) is 0 Å². The smallest absolute Gasteiger partial charge is 0.218 e. The molecule has 6 heteroatoms. The summed E-state index contributed by atoms with van der Waals surface area (Å²) in [6, 6.07) is 10.6.